The van der Waals surface area contributed by atoms with Gasteiger partial charge in [-0.25, -0.2) is 0 Å². The summed E-state index contributed by atoms with van der Waals surface area (Å²) < 4.78 is 1.10. The predicted molar refractivity (Wildman–Crippen MR) is 67.4 cm³/mol. The maximum atomic E-state index is 8.60. The van der Waals surface area contributed by atoms with Crippen molar-refractivity contribution in [2.24, 2.45) is 5.92 Å². The molecule has 1 N–H and O–H groups in total. The molecule has 4 heteroatoms. The third-order valence-electron chi connectivity index (χ3n) is 1.75. The number of hydrogen-bond donors (Lipinski definition) is 1. The summed E-state index contributed by atoms with van der Waals surface area (Å²) in [5.41, 5.74) is 0.884. The lowest BCUT2D eigenvalue weighted by atomic mass is 10.2. The van der Waals surface area contributed by atoms with Crippen molar-refractivity contribution in [2.75, 3.05) is 11.9 Å². The van der Waals surface area contributed by atoms with Crippen LogP contribution in [0.1, 0.15) is 6.92 Å². The van der Waals surface area contributed by atoms with Crippen molar-refractivity contribution in [3.63, 3.8) is 0 Å². The van der Waals surface area contributed by atoms with Crippen LogP contribution in [0.5, 0.6) is 0 Å². The molecule has 0 aliphatic heterocycles. The lowest BCUT2D eigenvalue weighted by Crippen LogP contribution is -2.09. The molecule has 0 amide bonds. The Morgan fingerprint density at radius 2 is 2.36 bits per heavy atom. The molecule has 1 unspecified atom stereocenters. The van der Waals surface area contributed by atoms with Crippen LogP contribution in [0.3, 0.4) is 0 Å². The van der Waals surface area contributed by atoms with Gasteiger partial charge in [-0.2, -0.15) is 5.26 Å². The van der Waals surface area contributed by atoms with Crippen LogP contribution in [-0.4, -0.2) is 6.54 Å². The van der Waals surface area contributed by atoms with Crippen LogP contribution in [0.15, 0.2) is 18.2 Å². The maximum absolute atomic E-state index is 8.60. The normalized spacial score (nSPS) is 11.9. The van der Waals surface area contributed by atoms with Gasteiger partial charge < -0.3 is 5.32 Å². The first kappa shape index (κ1) is 11.6. The van der Waals surface area contributed by atoms with Crippen LogP contribution in [0, 0.1) is 20.8 Å². The number of nitriles is 1. The van der Waals surface area contributed by atoms with E-state index in [0.29, 0.717) is 11.6 Å². The summed E-state index contributed by atoms with van der Waals surface area (Å²) in [5, 5.41) is 12.4. The first-order valence-corrected chi connectivity index (χ1v) is 5.67. The minimum atomic E-state index is -0.00894. The highest BCUT2D eigenvalue weighted by molar-refractivity contribution is 14.1. The Hall–Kier alpha value is -0.470. The fraction of sp³-hybridized carbons (Fsp3) is 0.300. The predicted octanol–water partition coefficient (Wildman–Crippen LogP) is 3.52. The van der Waals surface area contributed by atoms with Crippen molar-refractivity contribution in [2.45, 2.75) is 6.92 Å². The van der Waals surface area contributed by atoms with Gasteiger partial charge in [-0.05, 0) is 47.7 Å². The van der Waals surface area contributed by atoms with Gasteiger partial charge in [-0.3, -0.25) is 0 Å². The molecule has 1 aromatic carbocycles. The van der Waals surface area contributed by atoms with E-state index in [-0.39, 0.29) is 5.92 Å². The van der Waals surface area contributed by atoms with E-state index in [1.165, 1.54) is 0 Å². The van der Waals surface area contributed by atoms with E-state index in [4.69, 9.17) is 16.9 Å². The summed E-state index contributed by atoms with van der Waals surface area (Å²) in [6.45, 7) is 2.49. The second-order valence-electron chi connectivity index (χ2n) is 3.04. The zero-order chi connectivity index (χ0) is 10.6. The molecule has 0 spiro atoms. The zero-order valence-corrected chi connectivity index (χ0v) is 10.6. The molecule has 2 nitrogen and oxygen atoms in total. The second kappa shape index (κ2) is 5.42. The highest BCUT2D eigenvalue weighted by Crippen LogP contribution is 2.23. The molecule has 1 aromatic rings. The fourth-order valence-corrected chi connectivity index (χ4v) is 1.86. The number of nitrogens with zero attached hydrogens (tertiary/aromatic N) is 1. The van der Waals surface area contributed by atoms with E-state index in [1.807, 2.05) is 25.1 Å². The Morgan fingerprint density at radius 1 is 1.64 bits per heavy atom. The molecule has 14 heavy (non-hydrogen) atoms. The Bertz CT molecular complexity index is 360. The highest BCUT2D eigenvalue weighted by Gasteiger charge is 2.02. The Balaban J connectivity index is 2.64. The van der Waals surface area contributed by atoms with Gasteiger partial charge in [-0.1, -0.05) is 11.6 Å². The Labute approximate surface area is 102 Å². The molecule has 0 bridgehead atoms. The third kappa shape index (κ3) is 3.35. The Morgan fingerprint density at radius 3 is 2.93 bits per heavy atom. The number of halogens is 2. The molecule has 0 fully saturated rings. The van der Waals surface area contributed by atoms with E-state index in [1.54, 1.807) is 0 Å². The monoisotopic (exact) mass is 320 g/mol. The van der Waals surface area contributed by atoms with Crippen LogP contribution in [0.25, 0.3) is 0 Å². The van der Waals surface area contributed by atoms with Crippen LogP contribution >= 0.6 is 34.2 Å². The van der Waals surface area contributed by atoms with Crippen molar-refractivity contribution in [3.8, 4) is 6.07 Å². The third-order valence-corrected chi connectivity index (χ3v) is 2.73. The minimum absolute atomic E-state index is 0.00894. The Kier molecular flexibility index (Phi) is 4.49. The van der Waals surface area contributed by atoms with Crippen molar-refractivity contribution in [1.82, 2.24) is 0 Å². The zero-order valence-electron chi connectivity index (χ0n) is 7.72. The second-order valence-corrected chi connectivity index (χ2v) is 4.69. The SMILES string of the molecule is CC(C#N)CNc1ccc(I)cc1Cl. The summed E-state index contributed by atoms with van der Waals surface area (Å²) in [4.78, 5) is 0. The molecule has 74 valence electrons. The molecule has 0 saturated heterocycles. The van der Waals surface area contributed by atoms with E-state index in [0.717, 1.165) is 9.26 Å². The first-order chi connectivity index (χ1) is 6.63. The minimum Gasteiger partial charge on any atom is -0.383 e. The van der Waals surface area contributed by atoms with Gasteiger partial charge in [0, 0.05) is 10.1 Å². The average molecular weight is 321 g/mol. The number of rotatable bonds is 3. The molecule has 1 atom stereocenters. The molecule has 0 aliphatic rings. The summed E-state index contributed by atoms with van der Waals surface area (Å²) in [5.74, 6) is -0.00894. The molecule has 0 heterocycles. The standard InChI is InChI=1S/C10H10ClIN2/c1-7(5-13)6-14-10-3-2-8(12)4-9(10)11/h2-4,7,14H,6H2,1H3. The largest absolute Gasteiger partial charge is 0.383 e. The van der Waals surface area contributed by atoms with Gasteiger partial charge in [0.2, 0.25) is 0 Å². The van der Waals surface area contributed by atoms with Crippen molar-refractivity contribution in [3.05, 3.63) is 26.8 Å². The smallest absolute Gasteiger partial charge is 0.0671 e. The fourth-order valence-electron chi connectivity index (χ4n) is 0.942. The molecule has 0 saturated carbocycles. The molecule has 0 aromatic heterocycles. The lowest BCUT2D eigenvalue weighted by Gasteiger charge is -2.09. The van der Waals surface area contributed by atoms with Crippen LogP contribution in [0.4, 0.5) is 5.69 Å². The summed E-state index contributed by atoms with van der Waals surface area (Å²) >= 11 is 8.21. The van der Waals surface area contributed by atoms with E-state index in [2.05, 4.69) is 34.0 Å². The van der Waals surface area contributed by atoms with Gasteiger partial charge in [-0.15, -0.1) is 0 Å². The van der Waals surface area contributed by atoms with Gasteiger partial charge in [0.05, 0.1) is 22.7 Å². The molecular formula is C10H10ClIN2. The number of benzene rings is 1. The summed E-state index contributed by atoms with van der Waals surface area (Å²) in [6, 6.07) is 7.95. The highest BCUT2D eigenvalue weighted by atomic mass is 127. The van der Waals surface area contributed by atoms with Crippen LogP contribution < -0.4 is 5.32 Å². The van der Waals surface area contributed by atoms with Gasteiger partial charge in [0.15, 0.2) is 0 Å². The van der Waals surface area contributed by atoms with E-state index < -0.39 is 0 Å². The van der Waals surface area contributed by atoms with Gasteiger partial charge >= 0.3 is 0 Å². The van der Waals surface area contributed by atoms with Crippen molar-refractivity contribution >= 4 is 39.9 Å². The maximum Gasteiger partial charge on any atom is 0.0671 e. The van der Waals surface area contributed by atoms with Crippen molar-refractivity contribution < 1.29 is 0 Å². The summed E-state index contributed by atoms with van der Waals surface area (Å²) in [6.07, 6.45) is 0. The number of anilines is 1. The summed E-state index contributed by atoms with van der Waals surface area (Å²) in [7, 11) is 0. The average Bonchev–Trinajstić information content (AvgIpc) is 2.16. The van der Waals surface area contributed by atoms with E-state index >= 15 is 0 Å². The molecule has 0 radical (unpaired) electrons. The van der Waals surface area contributed by atoms with Gasteiger partial charge in [0.1, 0.15) is 0 Å². The van der Waals surface area contributed by atoms with Crippen LogP contribution in [0.2, 0.25) is 5.02 Å². The van der Waals surface area contributed by atoms with E-state index in [9.17, 15) is 0 Å². The van der Waals surface area contributed by atoms with Gasteiger partial charge in [0.25, 0.3) is 0 Å². The van der Waals surface area contributed by atoms with Crippen molar-refractivity contribution in [1.29, 1.82) is 5.26 Å². The first-order valence-electron chi connectivity index (χ1n) is 4.22. The number of hydrogen-bond acceptors (Lipinski definition) is 2. The molecule has 0 aliphatic carbocycles. The topological polar surface area (TPSA) is 35.8 Å². The number of nitrogens with one attached hydrogen (secondary N) is 1. The molecular weight excluding hydrogens is 310 g/mol. The van der Waals surface area contributed by atoms with Crippen LogP contribution in [-0.2, 0) is 0 Å². The molecule has 1 rings (SSSR count). The quantitative estimate of drug-likeness (QED) is 0.865. The lowest BCUT2D eigenvalue weighted by molar-refractivity contribution is 0.786.